The molecule has 1 N–H and O–H groups in total. The van der Waals surface area contributed by atoms with Gasteiger partial charge in [-0.2, -0.15) is 18.2 Å². The molecule has 2 saturated heterocycles. The molecule has 0 spiro atoms. The minimum absolute atomic E-state index is 0.0849. The molecule has 4 amide bonds. The van der Waals surface area contributed by atoms with Crippen LogP contribution in [-0.4, -0.2) is 55.5 Å². The van der Waals surface area contributed by atoms with Crippen LogP contribution in [0.1, 0.15) is 30.0 Å². The van der Waals surface area contributed by atoms with Crippen molar-refractivity contribution in [2.75, 3.05) is 17.0 Å². The van der Waals surface area contributed by atoms with Crippen molar-refractivity contribution in [1.29, 1.82) is 0 Å². The molecule has 2 aliphatic carbocycles. The largest absolute Gasteiger partial charge is 0.505 e. The molecule has 0 radical (unpaired) electrons. The van der Waals surface area contributed by atoms with Crippen LogP contribution < -0.4 is 9.91 Å². The van der Waals surface area contributed by atoms with Crippen LogP contribution in [0.25, 0.3) is 0 Å². The molecule has 17 heteroatoms. The molecule has 6 unspecified atom stereocenters. The predicted molar refractivity (Wildman–Crippen MR) is 169 cm³/mol. The van der Waals surface area contributed by atoms with Crippen molar-refractivity contribution in [2.45, 2.75) is 34.7 Å². The number of carbonyl (C=O) groups is 4. The first-order valence-corrected chi connectivity index (χ1v) is 16.1. The molecular formula is C33H22Cl3F5N4O5. The number of allylic oxidation sites excluding steroid dienone is 2. The number of aromatic hydroxyl groups is 1. The number of imide groups is 2. The van der Waals surface area contributed by atoms with Crippen LogP contribution in [0.15, 0.2) is 66.2 Å². The third kappa shape index (κ3) is 4.60. The van der Waals surface area contributed by atoms with E-state index in [4.69, 9.17) is 34.8 Å². The fraction of sp³-hybridized carbons (Fsp3) is 0.303. The van der Waals surface area contributed by atoms with Crippen LogP contribution in [0.3, 0.4) is 0 Å². The molecule has 50 heavy (non-hydrogen) atoms. The first-order chi connectivity index (χ1) is 23.4. The SMILES string of the molecule is CN(c1nc(C(F)(F)F)ccc1Cl)N1C(=O)C2CC=C3C(CC4(Cl)C(=O)N(c5ccc(F)cc5)C(=O)C4(Cl)C3c3cccc(F)c3O)C2C1=O. The summed E-state index contributed by atoms with van der Waals surface area (Å²) >= 11 is 20.6. The van der Waals surface area contributed by atoms with E-state index in [1.807, 2.05) is 0 Å². The van der Waals surface area contributed by atoms with E-state index < -0.39 is 98.5 Å². The standard InChI is InChI=1S/C33H22Cl3F5N4O5/c1-43(26-20(34)11-12-22(42-26)33(39,40)41)45-27(47)17-10-9-16-19(23(17)28(45)48)13-31(35)29(49)44(15-7-5-14(37)6-8-15)30(50)32(31,36)24(16)18-3-2-4-21(38)25(18)46/h2-9,11-12,17,19,23-24,46H,10,13H2,1H3. The van der Waals surface area contributed by atoms with Gasteiger partial charge in [-0.1, -0.05) is 35.4 Å². The molecule has 9 nitrogen and oxygen atoms in total. The Bertz CT molecular complexity index is 2050. The number of fused-ring (bicyclic) bond motifs is 4. The zero-order chi connectivity index (χ0) is 36.2. The maximum atomic E-state index is 14.9. The zero-order valence-electron chi connectivity index (χ0n) is 25.4. The molecule has 3 heterocycles. The number of aromatic nitrogens is 1. The lowest BCUT2D eigenvalue weighted by Gasteiger charge is -2.50. The lowest BCUT2D eigenvalue weighted by atomic mass is 9.56. The van der Waals surface area contributed by atoms with Gasteiger partial charge < -0.3 is 5.11 Å². The molecular weight excluding hydrogens is 734 g/mol. The lowest BCUT2D eigenvalue weighted by Crippen LogP contribution is -2.60. The summed E-state index contributed by atoms with van der Waals surface area (Å²) in [5, 5.41) is 12.1. The van der Waals surface area contributed by atoms with Gasteiger partial charge in [-0.25, -0.2) is 18.7 Å². The Balaban J connectivity index is 1.36. The number of para-hydroxylation sites is 1. The number of nitrogens with zero attached hydrogens (tertiary/aromatic N) is 4. The molecule has 6 atom stereocenters. The fourth-order valence-corrected chi connectivity index (χ4v) is 8.85. The van der Waals surface area contributed by atoms with Crippen molar-refractivity contribution >= 4 is 69.9 Å². The van der Waals surface area contributed by atoms with E-state index in [-0.39, 0.29) is 28.3 Å². The highest BCUT2D eigenvalue weighted by Crippen LogP contribution is 2.66. The molecule has 1 saturated carbocycles. The van der Waals surface area contributed by atoms with E-state index in [1.165, 1.54) is 18.2 Å². The maximum Gasteiger partial charge on any atom is 0.433 e. The number of phenols is 1. The summed E-state index contributed by atoms with van der Waals surface area (Å²) in [5.74, 6) is -12.1. The molecule has 1 aromatic heterocycles. The van der Waals surface area contributed by atoms with Gasteiger partial charge in [0.2, 0.25) is 0 Å². The lowest BCUT2D eigenvalue weighted by molar-refractivity contribution is -0.141. The van der Waals surface area contributed by atoms with Gasteiger partial charge in [-0.15, -0.1) is 23.2 Å². The molecule has 3 aromatic rings. The van der Waals surface area contributed by atoms with Crippen molar-refractivity contribution in [3.05, 3.63) is 94.2 Å². The number of amides is 4. The molecule has 260 valence electrons. The van der Waals surface area contributed by atoms with Gasteiger partial charge >= 0.3 is 6.18 Å². The van der Waals surface area contributed by atoms with Crippen molar-refractivity contribution in [1.82, 2.24) is 9.99 Å². The monoisotopic (exact) mass is 754 g/mol. The smallest absolute Gasteiger partial charge is 0.433 e. The average Bonchev–Trinajstić information content (AvgIpc) is 3.40. The second-order valence-corrected chi connectivity index (χ2v) is 14.1. The van der Waals surface area contributed by atoms with E-state index in [0.29, 0.717) is 16.0 Å². The Labute approximate surface area is 294 Å². The average molecular weight is 756 g/mol. The van der Waals surface area contributed by atoms with E-state index in [1.54, 1.807) is 0 Å². The molecule has 4 aliphatic rings. The summed E-state index contributed by atoms with van der Waals surface area (Å²) in [5.41, 5.74) is -1.43. The maximum absolute atomic E-state index is 14.9. The van der Waals surface area contributed by atoms with Crippen molar-refractivity contribution in [2.24, 2.45) is 17.8 Å². The van der Waals surface area contributed by atoms with Gasteiger partial charge in [-0.3, -0.25) is 24.2 Å². The molecule has 2 aliphatic heterocycles. The first-order valence-electron chi connectivity index (χ1n) is 15.0. The van der Waals surface area contributed by atoms with E-state index in [9.17, 15) is 46.2 Å². The summed E-state index contributed by atoms with van der Waals surface area (Å²) < 4.78 is 69.3. The van der Waals surface area contributed by atoms with Gasteiger partial charge in [0, 0.05) is 18.5 Å². The third-order valence-corrected chi connectivity index (χ3v) is 11.6. The molecule has 0 bridgehead atoms. The number of hydrazine groups is 1. The number of hydrogen-bond acceptors (Lipinski definition) is 7. The summed E-state index contributed by atoms with van der Waals surface area (Å²) in [7, 11) is 1.14. The number of benzene rings is 2. The van der Waals surface area contributed by atoms with Gasteiger partial charge in [0.25, 0.3) is 23.6 Å². The third-order valence-electron chi connectivity index (χ3n) is 9.93. The number of pyridine rings is 1. The Hall–Kier alpha value is -4.27. The van der Waals surface area contributed by atoms with Crippen LogP contribution in [0.5, 0.6) is 5.75 Å². The number of rotatable bonds is 4. The number of halogens is 8. The Morgan fingerprint density at radius 3 is 2.28 bits per heavy atom. The zero-order valence-corrected chi connectivity index (χ0v) is 27.7. The van der Waals surface area contributed by atoms with Crippen LogP contribution >= 0.6 is 34.8 Å². The Kier molecular flexibility index (Phi) is 7.78. The Morgan fingerprint density at radius 2 is 1.62 bits per heavy atom. The van der Waals surface area contributed by atoms with E-state index >= 15 is 0 Å². The second-order valence-electron chi connectivity index (χ2n) is 12.4. The number of anilines is 2. The summed E-state index contributed by atoms with van der Waals surface area (Å²) in [4.78, 5) is 56.2. The quantitative estimate of drug-likeness (QED) is 0.143. The fourth-order valence-electron chi connectivity index (χ4n) is 7.70. The molecule has 3 fully saturated rings. The van der Waals surface area contributed by atoms with Gasteiger partial charge in [0.05, 0.1) is 22.5 Å². The van der Waals surface area contributed by atoms with Crippen LogP contribution in [0.2, 0.25) is 5.02 Å². The number of hydrogen-bond donors (Lipinski definition) is 1. The highest BCUT2D eigenvalue weighted by Gasteiger charge is 2.77. The van der Waals surface area contributed by atoms with Gasteiger partial charge in [0.1, 0.15) is 11.5 Å². The van der Waals surface area contributed by atoms with Gasteiger partial charge in [0.15, 0.2) is 27.1 Å². The van der Waals surface area contributed by atoms with Crippen LogP contribution in [-0.2, 0) is 25.4 Å². The summed E-state index contributed by atoms with van der Waals surface area (Å²) in [6.45, 7) is 0. The minimum atomic E-state index is -4.87. The topological polar surface area (TPSA) is 111 Å². The minimum Gasteiger partial charge on any atom is -0.505 e. The van der Waals surface area contributed by atoms with Crippen molar-refractivity contribution < 1.29 is 46.2 Å². The first kappa shape index (κ1) is 34.2. The van der Waals surface area contributed by atoms with E-state index in [2.05, 4.69) is 4.98 Å². The molecule has 7 rings (SSSR count). The van der Waals surface area contributed by atoms with Crippen LogP contribution in [0, 0.1) is 29.4 Å². The molecule has 2 aromatic carbocycles. The predicted octanol–water partition coefficient (Wildman–Crippen LogP) is 6.35. The number of carbonyl (C=O) groups excluding carboxylic acids is 4. The number of alkyl halides is 5. The summed E-state index contributed by atoms with van der Waals surface area (Å²) in [6.07, 6.45) is -4.00. The Morgan fingerprint density at radius 1 is 0.940 bits per heavy atom. The number of phenolic OH excluding ortho intramolecular Hbond substituents is 1. The summed E-state index contributed by atoms with van der Waals surface area (Å²) in [6, 6.07) is 9.34. The van der Waals surface area contributed by atoms with Crippen molar-refractivity contribution in [3.8, 4) is 5.75 Å². The second kappa shape index (κ2) is 11.4. The normalized spacial score (nSPS) is 29.2. The van der Waals surface area contributed by atoms with Crippen molar-refractivity contribution in [3.63, 3.8) is 0 Å². The van der Waals surface area contributed by atoms with Gasteiger partial charge in [-0.05, 0) is 61.2 Å². The van der Waals surface area contributed by atoms with E-state index in [0.717, 1.165) is 48.5 Å². The highest BCUT2D eigenvalue weighted by atomic mass is 35.5. The highest BCUT2D eigenvalue weighted by molar-refractivity contribution is 6.58. The van der Waals surface area contributed by atoms with Crippen LogP contribution in [0.4, 0.5) is 33.5 Å².